The molecule has 118 valence electrons. The predicted molar refractivity (Wildman–Crippen MR) is 104 cm³/mol. The Bertz CT molecular complexity index is 1180. The first-order valence-electron chi connectivity index (χ1n) is 8.06. The molecule has 0 bridgehead atoms. The van der Waals surface area contributed by atoms with Gasteiger partial charge < -0.3 is 0 Å². The van der Waals surface area contributed by atoms with E-state index in [4.69, 9.17) is 9.97 Å². The molecule has 5 aromatic rings. The normalized spacial score (nSPS) is 11.2. The minimum absolute atomic E-state index is 0.734. The van der Waals surface area contributed by atoms with Crippen molar-refractivity contribution < 1.29 is 0 Å². The van der Waals surface area contributed by atoms with Crippen LogP contribution in [0.2, 0.25) is 0 Å². The Kier molecular flexibility index (Phi) is 3.28. The van der Waals surface area contributed by atoms with Crippen LogP contribution < -0.4 is 0 Å². The van der Waals surface area contributed by atoms with E-state index in [1.165, 1.54) is 10.1 Å². The second-order valence-corrected chi connectivity index (χ2v) is 6.80. The number of thiophene rings is 1. The highest BCUT2D eigenvalue weighted by Crippen LogP contribution is 2.38. The second kappa shape index (κ2) is 5.76. The van der Waals surface area contributed by atoms with E-state index in [1.807, 2.05) is 48.5 Å². The van der Waals surface area contributed by atoms with Crippen LogP contribution in [0.3, 0.4) is 0 Å². The Balaban J connectivity index is 1.90. The fraction of sp³-hybridized carbons (Fsp3) is 0. The first-order chi connectivity index (χ1) is 12.4. The van der Waals surface area contributed by atoms with Crippen molar-refractivity contribution in [3.05, 3.63) is 79.0 Å². The first kappa shape index (κ1) is 14.3. The van der Waals surface area contributed by atoms with Gasteiger partial charge in [0.1, 0.15) is 5.69 Å². The molecular formula is C21H13N3S. The average molecular weight is 339 g/mol. The van der Waals surface area contributed by atoms with E-state index in [9.17, 15) is 0 Å². The van der Waals surface area contributed by atoms with Crippen LogP contribution in [0.4, 0.5) is 0 Å². The molecule has 25 heavy (non-hydrogen) atoms. The maximum absolute atomic E-state index is 4.89. The lowest BCUT2D eigenvalue weighted by Crippen LogP contribution is -1.94. The van der Waals surface area contributed by atoms with E-state index >= 15 is 0 Å². The smallest absolute Gasteiger partial charge is 0.160 e. The SMILES string of the molecule is c1ccc(-c2nc(-c3ccccn3)c3sc4ccccc4c3n2)cc1. The molecule has 2 aromatic carbocycles. The van der Waals surface area contributed by atoms with E-state index in [2.05, 4.69) is 29.2 Å². The summed E-state index contributed by atoms with van der Waals surface area (Å²) in [7, 11) is 0. The summed E-state index contributed by atoms with van der Waals surface area (Å²) in [5.41, 5.74) is 3.77. The van der Waals surface area contributed by atoms with Gasteiger partial charge in [0.05, 0.1) is 15.9 Å². The Morgan fingerprint density at radius 3 is 2.36 bits per heavy atom. The fourth-order valence-corrected chi connectivity index (χ4v) is 4.12. The monoisotopic (exact) mass is 339 g/mol. The van der Waals surface area contributed by atoms with Crippen molar-refractivity contribution in [3.63, 3.8) is 0 Å². The van der Waals surface area contributed by atoms with E-state index in [0.717, 1.165) is 33.0 Å². The lowest BCUT2D eigenvalue weighted by Gasteiger charge is -2.06. The van der Waals surface area contributed by atoms with Crippen LogP contribution in [-0.2, 0) is 0 Å². The molecule has 0 unspecified atom stereocenters. The quantitative estimate of drug-likeness (QED) is 0.422. The second-order valence-electron chi connectivity index (χ2n) is 5.75. The maximum atomic E-state index is 4.89. The molecule has 4 heteroatoms. The van der Waals surface area contributed by atoms with Crippen molar-refractivity contribution in [2.45, 2.75) is 0 Å². The summed E-state index contributed by atoms with van der Waals surface area (Å²) in [5, 5.41) is 1.17. The zero-order valence-electron chi connectivity index (χ0n) is 13.3. The van der Waals surface area contributed by atoms with E-state index in [1.54, 1.807) is 17.5 Å². The third-order valence-electron chi connectivity index (χ3n) is 4.16. The zero-order valence-corrected chi connectivity index (χ0v) is 14.1. The summed E-state index contributed by atoms with van der Waals surface area (Å²) in [6.45, 7) is 0. The van der Waals surface area contributed by atoms with Crippen LogP contribution in [-0.4, -0.2) is 15.0 Å². The number of hydrogen-bond donors (Lipinski definition) is 0. The number of benzene rings is 2. The van der Waals surface area contributed by atoms with Gasteiger partial charge in [-0.05, 0) is 18.2 Å². The number of rotatable bonds is 2. The summed E-state index contributed by atoms with van der Waals surface area (Å²) < 4.78 is 2.30. The van der Waals surface area contributed by atoms with Crippen molar-refractivity contribution in [2.75, 3.05) is 0 Å². The molecule has 0 saturated carbocycles. The molecule has 0 saturated heterocycles. The van der Waals surface area contributed by atoms with Crippen molar-refractivity contribution in [3.8, 4) is 22.8 Å². The minimum atomic E-state index is 0.734. The summed E-state index contributed by atoms with van der Waals surface area (Å²) in [6, 6.07) is 24.4. The fourth-order valence-electron chi connectivity index (χ4n) is 2.98. The lowest BCUT2D eigenvalue weighted by atomic mass is 10.1. The zero-order chi connectivity index (χ0) is 16.6. The third-order valence-corrected chi connectivity index (χ3v) is 5.33. The number of hydrogen-bond acceptors (Lipinski definition) is 4. The highest BCUT2D eigenvalue weighted by atomic mass is 32.1. The Morgan fingerprint density at radius 1 is 0.720 bits per heavy atom. The van der Waals surface area contributed by atoms with Crippen molar-refractivity contribution >= 4 is 31.6 Å². The third kappa shape index (κ3) is 2.39. The Hall–Kier alpha value is -3.11. The van der Waals surface area contributed by atoms with Gasteiger partial charge in [-0.2, -0.15) is 0 Å². The lowest BCUT2D eigenvalue weighted by molar-refractivity contribution is 1.21. The molecule has 0 amide bonds. The Morgan fingerprint density at radius 2 is 1.52 bits per heavy atom. The Labute approximate surface area is 148 Å². The van der Waals surface area contributed by atoms with Crippen LogP contribution in [0.1, 0.15) is 0 Å². The van der Waals surface area contributed by atoms with Crippen LogP contribution in [0, 0.1) is 0 Å². The van der Waals surface area contributed by atoms with Crippen molar-refractivity contribution in [1.82, 2.24) is 15.0 Å². The molecule has 0 aliphatic heterocycles. The van der Waals surface area contributed by atoms with Crippen LogP contribution in [0.5, 0.6) is 0 Å². The minimum Gasteiger partial charge on any atom is -0.255 e. The molecule has 5 rings (SSSR count). The molecule has 0 atom stereocenters. The molecule has 0 N–H and O–H groups in total. The van der Waals surface area contributed by atoms with Gasteiger partial charge >= 0.3 is 0 Å². The molecule has 3 aromatic heterocycles. The number of aromatic nitrogens is 3. The van der Waals surface area contributed by atoms with Gasteiger partial charge in [-0.15, -0.1) is 11.3 Å². The predicted octanol–water partition coefficient (Wildman–Crippen LogP) is 5.57. The van der Waals surface area contributed by atoms with Gasteiger partial charge in [0.25, 0.3) is 0 Å². The molecule has 0 fully saturated rings. The van der Waals surface area contributed by atoms with Gasteiger partial charge in [0.15, 0.2) is 5.82 Å². The van der Waals surface area contributed by atoms with E-state index in [0.29, 0.717) is 0 Å². The number of pyridine rings is 1. The van der Waals surface area contributed by atoms with Gasteiger partial charge in [-0.1, -0.05) is 54.6 Å². The van der Waals surface area contributed by atoms with Crippen LogP contribution >= 0.6 is 11.3 Å². The highest BCUT2D eigenvalue weighted by molar-refractivity contribution is 7.26. The molecule has 3 heterocycles. The molecule has 0 aliphatic rings. The highest BCUT2D eigenvalue weighted by Gasteiger charge is 2.16. The van der Waals surface area contributed by atoms with E-state index in [-0.39, 0.29) is 0 Å². The molecule has 0 radical (unpaired) electrons. The summed E-state index contributed by atoms with van der Waals surface area (Å²) in [6.07, 6.45) is 1.80. The van der Waals surface area contributed by atoms with Crippen molar-refractivity contribution in [1.29, 1.82) is 0 Å². The van der Waals surface area contributed by atoms with Crippen molar-refractivity contribution in [2.24, 2.45) is 0 Å². The molecular weight excluding hydrogens is 326 g/mol. The van der Waals surface area contributed by atoms with Gasteiger partial charge in [0, 0.05) is 21.8 Å². The topological polar surface area (TPSA) is 38.7 Å². The first-order valence-corrected chi connectivity index (χ1v) is 8.88. The number of nitrogens with zero attached hydrogens (tertiary/aromatic N) is 3. The summed E-state index contributed by atoms with van der Waals surface area (Å²) in [5.74, 6) is 0.734. The largest absolute Gasteiger partial charge is 0.255 e. The standard InChI is InChI=1S/C21H13N3S/c1-2-8-14(9-3-1)21-23-18-15-10-4-5-12-17(15)25-20(18)19(24-21)16-11-6-7-13-22-16/h1-13H. The molecule has 3 nitrogen and oxygen atoms in total. The molecule has 0 aliphatic carbocycles. The van der Waals surface area contributed by atoms with Gasteiger partial charge in [-0.25, -0.2) is 9.97 Å². The van der Waals surface area contributed by atoms with Gasteiger partial charge in [-0.3, -0.25) is 4.98 Å². The number of fused-ring (bicyclic) bond motifs is 3. The summed E-state index contributed by atoms with van der Waals surface area (Å²) in [4.78, 5) is 14.3. The van der Waals surface area contributed by atoms with Crippen LogP contribution in [0.15, 0.2) is 79.0 Å². The maximum Gasteiger partial charge on any atom is 0.160 e. The van der Waals surface area contributed by atoms with Crippen LogP contribution in [0.25, 0.3) is 43.1 Å². The molecule has 0 spiro atoms. The average Bonchev–Trinajstić information content (AvgIpc) is 3.07. The summed E-state index contributed by atoms with van der Waals surface area (Å²) >= 11 is 1.72. The van der Waals surface area contributed by atoms with Gasteiger partial charge in [0.2, 0.25) is 0 Å². The van der Waals surface area contributed by atoms with E-state index < -0.39 is 0 Å².